The van der Waals surface area contributed by atoms with E-state index in [1.807, 2.05) is 6.92 Å². The Balaban J connectivity index is 1.69. The van der Waals surface area contributed by atoms with E-state index in [1.165, 1.54) is 17.8 Å². The topological polar surface area (TPSA) is 72.1 Å². The quantitative estimate of drug-likeness (QED) is 0.664. The van der Waals surface area contributed by atoms with Gasteiger partial charge in [0, 0.05) is 29.6 Å². The first kappa shape index (κ1) is 17.0. The highest BCUT2D eigenvalue weighted by molar-refractivity contribution is 8.00. The molecule has 2 aromatic rings. The van der Waals surface area contributed by atoms with Gasteiger partial charge in [0.1, 0.15) is 17.0 Å². The molecule has 0 bridgehead atoms. The minimum atomic E-state index is -0.280. The van der Waals surface area contributed by atoms with Crippen molar-refractivity contribution in [3.63, 3.8) is 0 Å². The third-order valence-corrected chi connectivity index (χ3v) is 5.64. The standard InChI is InChI=1S/C16H17FN4OS2/c1-10-8-13(18)20-16(19-10)24-9-14(22)21-6-7-23-15(21)11-4-2-3-5-12(11)17/h2-5,8,15H,6-7,9H2,1H3,(H2,18,19,20). The lowest BCUT2D eigenvalue weighted by Crippen LogP contribution is -2.32. The van der Waals surface area contributed by atoms with Crippen LogP contribution in [0, 0.1) is 12.7 Å². The second-order valence-electron chi connectivity index (χ2n) is 5.34. The molecule has 126 valence electrons. The molecule has 1 aliphatic rings. The molecule has 1 aromatic heterocycles. The molecule has 24 heavy (non-hydrogen) atoms. The van der Waals surface area contributed by atoms with Gasteiger partial charge in [-0.3, -0.25) is 4.79 Å². The van der Waals surface area contributed by atoms with Crippen molar-refractivity contribution in [2.24, 2.45) is 0 Å². The van der Waals surface area contributed by atoms with Gasteiger partial charge >= 0.3 is 0 Å². The zero-order chi connectivity index (χ0) is 17.1. The SMILES string of the molecule is Cc1cc(N)nc(SCC(=O)N2CCSC2c2ccccc2F)n1. The molecule has 1 amide bonds. The lowest BCUT2D eigenvalue weighted by atomic mass is 10.2. The van der Waals surface area contributed by atoms with Gasteiger partial charge in [-0.05, 0) is 13.0 Å². The van der Waals surface area contributed by atoms with E-state index < -0.39 is 0 Å². The minimum Gasteiger partial charge on any atom is -0.384 e. The van der Waals surface area contributed by atoms with E-state index in [0.717, 1.165) is 11.4 Å². The molecular weight excluding hydrogens is 347 g/mol. The van der Waals surface area contributed by atoms with Crippen LogP contribution < -0.4 is 5.73 Å². The monoisotopic (exact) mass is 364 g/mol. The van der Waals surface area contributed by atoms with E-state index in [4.69, 9.17) is 5.73 Å². The number of benzene rings is 1. The van der Waals surface area contributed by atoms with Crippen molar-refractivity contribution in [1.29, 1.82) is 0 Å². The third kappa shape index (κ3) is 3.81. The predicted molar refractivity (Wildman–Crippen MR) is 95.2 cm³/mol. The van der Waals surface area contributed by atoms with E-state index >= 15 is 0 Å². The molecule has 0 spiro atoms. The molecule has 0 saturated carbocycles. The molecule has 2 heterocycles. The van der Waals surface area contributed by atoms with Gasteiger partial charge in [-0.1, -0.05) is 30.0 Å². The largest absolute Gasteiger partial charge is 0.384 e. The van der Waals surface area contributed by atoms with Gasteiger partial charge in [-0.25, -0.2) is 14.4 Å². The fraction of sp³-hybridized carbons (Fsp3) is 0.312. The van der Waals surface area contributed by atoms with Gasteiger partial charge < -0.3 is 10.6 Å². The van der Waals surface area contributed by atoms with Crippen LogP contribution in [-0.4, -0.2) is 38.8 Å². The van der Waals surface area contributed by atoms with E-state index in [2.05, 4.69) is 9.97 Å². The normalized spacial score (nSPS) is 17.2. The molecule has 1 saturated heterocycles. The lowest BCUT2D eigenvalue weighted by molar-refractivity contribution is -0.128. The Morgan fingerprint density at radius 2 is 2.25 bits per heavy atom. The molecule has 1 aromatic carbocycles. The summed E-state index contributed by atoms with van der Waals surface area (Å²) in [6.45, 7) is 2.44. The number of hydrogen-bond acceptors (Lipinski definition) is 6. The minimum absolute atomic E-state index is 0.0538. The molecule has 1 atom stereocenters. The summed E-state index contributed by atoms with van der Waals surface area (Å²) >= 11 is 2.83. The second-order valence-corrected chi connectivity index (χ2v) is 7.47. The Morgan fingerprint density at radius 1 is 1.46 bits per heavy atom. The maximum Gasteiger partial charge on any atom is 0.234 e. The summed E-state index contributed by atoms with van der Waals surface area (Å²) in [6, 6.07) is 8.28. The highest BCUT2D eigenvalue weighted by Crippen LogP contribution is 2.39. The van der Waals surface area contributed by atoms with Crippen molar-refractivity contribution < 1.29 is 9.18 Å². The van der Waals surface area contributed by atoms with E-state index in [9.17, 15) is 9.18 Å². The van der Waals surface area contributed by atoms with Crippen LogP contribution in [0.15, 0.2) is 35.5 Å². The maximum absolute atomic E-state index is 14.0. The van der Waals surface area contributed by atoms with Crippen molar-refractivity contribution in [2.75, 3.05) is 23.8 Å². The van der Waals surface area contributed by atoms with Crippen molar-refractivity contribution in [3.8, 4) is 0 Å². The average Bonchev–Trinajstić information content (AvgIpc) is 3.01. The number of nitrogen functional groups attached to an aromatic ring is 1. The molecule has 0 aliphatic carbocycles. The third-order valence-electron chi connectivity index (χ3n) is 3.56. The smallest absolute Gasteiger partial charge is 0.234 e. The number of anilines is 1. The van der Waals surface area contributed by atoms with Crippen LogP contribution in [-0.2, 0) is 4.79 Å². The molecule has 2 N–H and O–H groups in total. The maximum atomic E-state index is 14.0. The van der Waals surface area contributed by atoms with Gasteiger partial charge in [0.15, 0.2) is 5.16 Å². The number of carbonyl (C=O) groups excluding carboxylic acids is 1. The molecule has 5 nitrogen and oxygen atoms in total. The van der Waals surface area contributed by atoms with Crippen LogP contribution in [0.4, 0.5) is 10.2 Å². The van der Waals surface area contributed by atoms with Crippen molar-refractivity contribution in [2.45, 2.75) is 17.5 Å². The Bertz CT molecular complexity index is 738. The second kappa shape index (κ2) is 7.40. The fourth-order valence-electron chi connectivity index (χ4n) is 2.50. The molecule has 3 rings (SSSR count). The summed E-state index contributed by atoms with van der Waals surface area (Å²) in [4.78, 5) is 22.7. The zero-order valence-corrected chi connectivity index (χ0v) is 14.7. The van der Waals surface area contributed by atoms with Crippen molar-refractivity contribution in [1.82, 2.24) is 14.9 Å². The van der Waals surface area contributed by atoms with E-state index in [0.29, 0.717) is 23.1 Å². The van der Waals surface area contributed by atoms with Gasteiger partial charge in [-0.2, -0.15) is 0 Å². The number of carbonyl (C=O) groups is 1. The molecule has 1 unspecified atom stereocenters. The van der Waals surface area contributed by atoms with E-state index in [1.54, 1.807) is 40.9 Å². The first-order valence-corrected chi connectivity index (χ1v) is 9.47. The Morgan fingerprint density at radius 3 is 3.00 bits per heavy atom. The lowest BCUT2D eigenvalue weighted by Gasteiger charge is -2.24. The number of halogens is 1. The highest BCUT2D eigenvalue weighted by atomic mass is 32.2. The average molecular weight is 364 g/mol. The number of nitrogens with two attached hydrogens (primary N) is 1. The molecule has 1 fully saturated rings. The number of aryl methyl sites for hydroxylation is 1. The number of amides is 1. The van der Waals surface area contributed by atoms with Gasteiger partial charge in [-0.15, -0.1) is 11.8 Å². The van der Waals surface area contributed by atoms with Crippen LogP contribution in [0.5, 0.6) is 0 Å². The van der Waals surface area contributed by atoms with Crippen LogP contribution in [0.3, 0.4) is 0 Å². The fourth-order valence-corrected chi connectivity index (χ4v) is 4.59. The summed E-state index contributed by atoms with van der Waals surface area (Å²) in [5, 5.41) is 0.206. The molecular formula is C16H17FN4OS2. The van der Waals surface area contributed by atoms with Gasteiger partial charge in [0.25, 0.3) is 0 Å². The van der Waals surface area contributed by atoms with Gasteiger partial charge in [0.2, 0.25) is 5.91 Å². The number of thioether (sulfide) groups is 2. The number of hydrogen-bond donors (Lipinski definition) is 1. The Kier molecular flexibility index (Phi) is 5.25. The summed E-state index contributed by atoms with van der Waals surface area (Å²) in [5.41, 5.74) is 7.01. The number of aromatic nitrogens is 2. The molecule has 0 radical (unpaired) electrons. The zero-order valence-electron chi connectivity index (χ0n) is 13.1. The Hall–Kier alpha value is -1.80. The van der Waals surface area contributed by atoms with Crippen molar-refractivity contribution >= 4 is 35.2 Å². The van der Waals surface area contributed by atoms with Crippen LogP contribution in [0.2, 0.25) is 0 Å². The highest BCUT2D eigenvalue weighted by Gasteiger charge is 2.32. The van der Waals surface area contributed by atoms with Gasteiger partial charge in [0.05, 0.1) is 5.75 Å². The van der Waals surface area contributed by atoms with Crippen LogP contribution in [0.1, 0.15) is 16.6 Å². The first-order valence-electron chi connectivity index (χ1n) is 7.44. The summed E-state index contributed by atoms with van der Waals surface area (Å²) < 4.78 is 14.0. The molecule has 8 heteroatoms. The van der Waals surface area contributed by atoms with Crippen molar-refractivity contribution in [3.05, 3.63) is 47.4 Å². The van der Waals surface area contributed by atoms with Crippen LogP contribution in [0.25, 0.3) is 0 Å². The van der Waals surface area contributed by atoms with Crippen LogP contribution >= 0.6 is 23.5 Å². The van der Waals surface area contributed by atoms with E-state index in [-0.39, 0.29) is 22.9 Å². The first-order chi connectivity index (χ1) is 11.5. The predicted octanol–water partition coefficient (Wildman–Crippen LogP) is 2.87. The summed E-state index contributed by atoms with van der Waals surface area (Å²) in [7, 11) is 0. The molecule has 1 aliphatic heterocycles. The summed E-state index contributed by atoms with van der Waals surface area (Å²) in [5.74, 6) is 1.05. The summed E-state index contributed by atoms with van der Waals surface area (Å²) in [6.07, 6.45) is 0. The number of nitrogens with zero attached hydrogens (tertiary/aromatic N) is 3. The number of rotatable bonds is 4. The Labute approximate surface area is 148 Å².